The van der Waals surface area contributed by atoms with Crippen molar-refractivity contribution < 1.29 is 17.4 Å². The van der Waals surface area contributed by atoms with Crippen molar-refractivity contribution in [2.75, 3.05) is 0 Å². The van der Waals surface area contributed by atoms with Gasteiger partial charge in [0.2, 0.25) is 0 Å². The first kappa shape index (κ1) is 32.7. The van der Waals surface area contributed by atoms with E-state index in [-0.39, 0.29) is 24.8 Å². The first-order chi connectivity index (χ1) is 19.0. The molecule has 2 aliphatic rings. The summed E-state index contributed by atoms with van der Waals surface area (Å²) in [5, 5.41) is 0. The third-order valence-electron chi connectivity index (χ3n) is 9.90. The molecule has 6 rings (SSSR count). The average molecular weight is 689 g/mol. The first-order valence-corrected chi connectivity index (χ1v) is 28.1. The number of allylic oxidation sites excluding steroid dienone is 5. The number of benzene rings is 4. The molecule has 4 aromatic rings. The van der Waals surface area contributed by atoms with Gasteiger partial charge in [-0.25, -0.2) is 0 Å². The molecule has 0 N–H and O–H groups in total. The maximum absolute atomic E-state index is 3.49. The molecule has 0 heterocycles. The van der Waals surface area contributed by atoms with Crippen LogP contribution in [0.5, 0.6) is 0 Å². The summed E-state index contributed by atoms with van der Waals surface area (Å²) >= 11 is -3.49. The second-order valence-electron chi connectivity index (χ2n) is 13.1. The van der Waals surface area contributed by atoms with Gasteiger partial charge < -0.3 is 0 Å². The summed E-state index contributed by atoms with van der Waals surface area (Å²) in [4.78, 5) is 0. The van der Waals surface area contributed by atoms with E-state index in [0.29, 0.717) is 9.54 Å². The Morgan fingerprint density at radius 2 is 1.07 bits per heavy atom. The molecular weight excluding hydrogens is 647 g/mol. The first-order valence-electron chi connectivity index (χ1n) is 14.6. The number of rotatable bonds is 5. The molecule has 0 saturated heterocycles. The van der Waals surface area contributed by atoms with Gasteiger partial charge in [-0.15, -0.1) is 24.8 Å². The summed E-state index contributed by atoms with van der Waals surface area (Å²) in [7, 11) is 0. The minimum atomic E-state index is -3.49. The zero-order valence-corrected chi connectivity index (χ0v) is 31.1. The van der Waals surface area contributed by atoms with E-state index in [0.717, 1.165) is 0 Å². The van der Waals surface area contributed by atoms with Crippen LogP contribution in [0.15, 0.2) is 129 Å². The minimum Gasteiger partial charge on any atom is -0.147 e. The topological polar surface area (TPSA) is 0 Å². The zero-order valence-electron chi connectivity index (χ0n) is 25.6. The Bertz CT molecular complexity index is 1750. The normalized spacial score (nSPS) is 18.3. The number of fused-ring (bicyclic) bond motifs is 1. The predicted octanol–water partition coefficient (Wildman–Crippen LogP) is 10.9. The van der Waals surface area contributed by atoms with Gasteiger partial charge in [-0.05, 0) is 0 Å². The third kappa shape index (κ3) is 5.46. The summed E-state index contributed by atoms with van der Waals surface area (Å²) in [6.45, 7) is 12.0. The summed E-state index contributed by atoms with van der Waals surface area (Å²) in [6, 6.07) is 38.1. The van der Waals surface area contributed by atoms with E-state index in [1.807, 2.05) is 0 Å². The van der Waals surface area contributed by atoms with Crippen LogP contribution in [-0.4, -0.2) is 6.88 Å². The van der Waals surface area contributed by atoms with Gasteiger partial charge in [0.25, 0.3) is 0 Å². The molecular formula is C38H42Cl2SiZr. The fourth-order valence-electron chi connectivity index (χ4n) is 7.61. The Kier molecular flexibility index (Phi) is 9.38. The Morgan fingerprint density at radius 1 is 0.595 bits per heavy atom. The molecule has 216 valence electrons. The van der Waals surface area contributed by atoms with E-state index < -0.39 is 17.4 Å². The van der Waals surface area contributed by atoms with Crippen molar-refractivity contribution in [2.45, 2.75) is 40.6 Å². The molecule has 0 spiro atoms. The van der Waals surface area contributed by atoms with Crippen LogP contribution in [0.25, 0.3) is 27.8 Å². The quantitative estimate of drug-likeness (QED) is 0.183. The van der Waals surface area contributed by atoms with Crippen LogP contribution >= 0.6 is 24.8 Å². The van der Waals surface area contributed by atoms with E-state index in [1.165, 1.54) is 50.1 Å². The van der Waals surface area contributed by atoms with Crippen LogP contribution in [0.3, 0.4) is 0 Å². The Hall–Kier alpha value is -2.22. The monoisotopic (exact) mass is 686 g/mol. The largest absolute Gasteiger partial charge is 0.147 e. The molecule has 0 aliphatic heterocycles. The Balaban J connectivity index is 0.00000202. The van der Waals surface area contributed by atoms with Gasteiger partial charge in [-0.1, -0.05) is 0 Å². The van der Waals surface area contributed by atoms with E-state index in [1.54, 1.807) is 14.4 Å². The molecule has 0 saturated carbocycles. The molecule has 0 bridgehead atoms. The number of hydrogen-bond acceptors (Lipinski definition) is 0. The number of hydrogen-bond donors (Lipinski definition) is 0. The standard InChI is InChI=1S/C27H19.C9H13.2CH3.2ClH.H2Si.Zr/c1-3-9-20(10-4-1)23-17-24(21-11-5-2-6-12-21)19-25(18-23)27-16-15-22-13-7-8-14-26(22)27;1-6-5-7(2)9(4)8(6)3;;;;;;/h1-19H;6H,1-4H3;2*1H3;2*1H;1H2;. The fraction of sp³-hybridized carbons (Fsp3) is 0.211. The summed E-state index contributed by atoms with van der Waals surface area (Å²) in [6.07, 6.45) is 2.68. The molecule has 42 heavy (non-hydrogen) atoms. The smallest absolute Gasteiger partial charge is 0.147 e. The van der Waals surface area contributed by atoms with Crippen molar-refractivity contribution in [1.29, 1.82) is 0 Å². The molecule has 0 amide bonds. The molecule has 0 nitrogen and oxygen atoms in total. The molecule has 2 atom stereocenters. The van der Waals surface area contributed by atoms with Crippen molar-refractivity contribution in [3.8, 4) is 22.3 Å². The van der Waals surface area contributed by atoms with Crippen molar-refractivity contribution in [1.82, 2.24) is 0 Å². The van der Waals surface area contributed by atoms with E-state index in [9.17, 15) is 0 Å². The van der Waals surface area contributed by atoms with Gasteiger partial charge >= 0.3 is 245 Å². The SMILES string of the molecule is CC1=C(C)C(C)[C]([Zr]([CH3])([CH3])(=[SiH2])[CH]2C=C(c3cc(-c4ccccc4)cc(-c4ccccc4)c3)c3ccccc32)=C1C.Cl.Cl. The number of halogens is 2. The second-order valence-corrected chi connectivity index (χ2v) is 42.6. The van der Waals surface area contributed by atoms with Crippen LogP contribution in [0.2, 0.25) is 9.26 Å². The molecule has 2 unspecified atom stereocenters. The van der Waals surface area contributed by atoms with Crippen molar-refractivity contribution in [3.05, 3.63) is 146 Å². The van der Waals surface area contributed by atoms with Crippen LogP contribution in [0.1, 0.15) is 48.0 Å². The van der Waals surface area contributed by atoms with Gasteiger partial charge in [0, 0.05) is 0 Å². The molecule has 2 aliphatic carbocycles. The molecule has 4 aromatic carbocycles. The van der Waals surface area contributed by atoms with E-state index in [2.05, 4.69) is 153 Å². The van der Waals surface area contributed by atoms with Crippen molar-refractivity contribution in [3.63, 3.8) is 0 Å². The minimum absolute atomic E-state index is 0. The maximum atomic E-state index is 2.71. The van der Waals surface area contributed by atoms with Gasteiger partial charge in [-0.2, -0.15) is 0 Å². The second kappa shape index (κ2) is 12.0. The fourth-order valence-corrected chi connectivity index (χ4v) is 26.1. The Labute approximate surface area is 267 Å². The van der Waals surface area contributed by atoms with E-state index >= 15 is 0 Å². The average Bonchev–Trinajstić information content (AvgIpc) is 3.46. The third-order valence-corrected chi connectivity index (χ3v) is 27.2. The molecule has 0 aromatic heterocycles. The zero-order chi connectivity index (χ0) is 28.3. The van der Waals surface area contributed by atoms with Crippen molar-refractivity contribution in [2.24, 2.45) is 5.92 Å². The molecule has 0 radical (unpaired) electrons. The van der Waals surface area contributed by atoms with Gasteiger partial charge in [0.1, 0.15) is 0 Å². The predicted molar refractivity (Wildman–Crippen MR) is 189 cm³/mol. The van der Waals surface area contributed by atoms with Crippen LogP contribution < -0.4 is 0 Å². The van der Waals surface area contributed by atoms with Crippen LogP contribution in [-0.2, 0) is 17.4 Å². The van der Waals surface area contributed by atoms with E-state index in [4.69, 9.17) is 0 Å². The maximum Gasteiger partial charge on any atom is -0.147 e. The molecule has 0 fully saturated rings. The molecule has 4 heteroatoms. The summed E-state index contributed by atoms with van der Waals surface area (Å²) < 4.78 is 7.70. The van der Waals surface area contributed by atoms with Crippen molar-refractivity contribution >= 4 is 37.3 Å². The Morgan fingerprint density at radius 3 is 1.57 bits per heavy atom. The summed E-state index contributed by atoms with van der Waals surface area (Å²) in [5.74, 6) is 0.550. The summed E-state index contributed by atoms with van der Waals surface area (Å²) in [5.41, 5.74) is 15.4. The van der Waals surface area contributed by atoms with Crippen LogP contribution in [0.4, 0.5) is 0 Å². The van der Waals surface area contributed by atoms with Gasteiger partial charge in [-0.3, -0.25) is 0 Å². The van der Waals surface area contributed by atoms with Crippen LogP contribution in [0, 0.1) is 5.92 Å². The van der Waals surface area contributed by atoms with Gasteiger partial charge in [0.05, 0.1) is 0 Å². The van der Waals surface area contributed by atoms with Gasteiger partial charge in [0.15, 0.2) is 0 Å².